The molecule has 0 aliphatic rings. The topological polar surface area (TPSA) is 65.5 Å². The molecule has 2 rings (SSSR count). The molecule has 0 saturated heterocycles. The molecule has 6 heteroatoms. The van der Waals surface area contributed by atoms with Crippen LogP contribution in [-0.2, 0) is 16.1 Å². The zero-order valence-corrected chi connectivity index (χ0v) is 14.9. The zero-order chi connectivity index (χ0) is 18.2. The van der Waals surface area contributed by atoms with Crippen molar-refractivity contribution in [1.29, 1.82) is 0 Å². The van der Waals surface area contributed by atoms with Gasteiger partial charge in [0.1, 0.15) is 0 Å². The van der Waals surface area contributed by atoms with Gasteiger partial charge in [-0.25, -0.2) is 4.98 Å². The summed E-state index contributed by atoms with van der Waals surface area (Å²) >= 11 is 0. The Labute approximate surface area is 148 Å². The molecule has 132 valence electrons. The lowest BCUT2D eigenvalue weighted by atomic mass is 10.2. The van der Waals surface area contributed by atoms with E-state index in [1.165, 1.54) is 6.92 Å². The van der Waals surface area contributed by atoms with E-state index in [1.54, 1.807) is 17.2 Å². The van der Waals surface area contributed by atoms with Crippen LogP contribution in [0.15, 0.2) is 48.7 Å². The van der Waals surface area contributed by atoms with Crippen LogP contribution >= 0.6 is 0 Å². The predicted octanol–water partition coefficient (Wildman–Crippen LogP) is 2.52. The monoisotopic (exact) mass is 340 g/mol. The molecule has 0 fully saturated rings. The number of pyridine rings is 1. The predicted molar refractivity (Wildman–Crippen MR) is 99.3 cm³/mol. The van der Waals surface area contributed by atoms with E-state index in [0.29, 0.717) is 24.6 Å². The lowest BCUT2D eigenvalue weighted by Crippen LogP contribution is -2.31. The first-order valence-corrected chi connectivity index (χ1v) is 8.19. The number of nitrogens with zero attached hydrogens (tertiary/aromatic N) is 3. The summed E-state index contributed by atoms with van der Waals surface area (Å²) in [6.45, 7) is 2.39. The lowest BCUT2D eigenvalue weighted by molar-refractivity contribution is -0.129. The fraction of sp³-hybridized carbons (Fsp3) is 0.316. The summed E-state index contributed by atoms with van der Waals surface area (Å²) in [6.07, 6.45) is 1.91. The first-order valence-electron chi connectivity index (χ1n) is 8.19. The van der Waals surface area contributed by atoms with Gasteiger partial charge in [-0.05, 0) is 17.7 Å². The largest absolute Gasteiger partial charge is 0.361 e. The molecular weight excluding hydrogens is 316 g/mol. The minimum Gasteiger partial charge on any atom is -0.361 e. The maximum Gasteiger partial charge on any atom is 0.226 e. The Morgan fingerprint density at radius 3 is 2.44 bits per heavy atom. The number of nitrogens with one attached hydrogen (secondary N) is 1. The maximum atomic E-state index is 12.3. The Hall–Kier alpha value is -2.89. The highest BCUT2D eigenvalue weighted by molar-refractivity contribution is 5.93. The highest BCUT2D eigenvalue weighted by Crippen LogP contribution is 2.20. The second-order valence-corrected chi connectivity index (χ2v) is 5.99. The molecule has 1 heterocycles. The van der Waals surface area contributed by atoms with Crippen LogP contribution < -0.4 is 10.2 Å². The van der Waals surface area contributed by atoms with Crippen LogP contribution in [0.4, 0.5) is 11.5 Å². The van der Waals surface area contributed by atoms with Gasteiger partial charge >= 0.3 is 0 Å². The third-order valence-corrected chi connectivity index (χ3v) is 3.75. The number of rotatable bonds is 7. The van der Waals surface area contributed by atoms with Crippen LogP contribution in [0.2, 0.25) is 0 Å². The van der Waals surface area contributed by atoms with E-state index in [0.717, 1.165) is 5.56 Å². The number of carbonyl (C=O) groups is 2. The first-order chi connectivity index (χ1) is 12.0. The van der Waals surface area contributed by atoms with E-state index in [-0.39, 0.29) is 18.2 Å². The van der Waals surface area contributed by atoms with E-state index in [4.69, 9.17) is 0 Å². The van der Waals surface area contributed by atoms with E-state index < -0.39 is 0 Å². The van der Waals surface area contributed by atoms with Crippen LogP contribution in [0.1, 0.15) is 18.9 Å². The molecule has 0 aliphatic carbocycles. The Balaban J connectivity index is 1.94. The lowest BCUT2D eigenvalue weighted by Gasteiger charge is -2.21. The van der Waals surface area contributed by atoms with Crippen molar-refractivity contribution in [2.24, 2.45) is 0 Å². The minimum absolute atomic E-state index is 0.0491. The standard InChI is InChI=1S/C19H24N4O2/c1-15(24)23(14-16-8-5-4-6-9-16)13-11-18(25)21-17-10-7-12-20-19(17)22(2)3/h4-10,12H,11,13-14H2,1-3H3,(H,21,25). The normalized spacial score (nSPS) is 10.2. The number of hydrogen-bond acceptors (Lipinski definition) is 4. The van der Waals surface area contributed by atoms with Crippen molar-refractivity contribution in [1.82, 2.24) is 9.88 Å². The third-order valence-electron chi connectivity index (χ3n) is 3.75. The van der Waals surface area contributed by atoms with E-state index in [9.17, 15) is 9.59 Å². The summed E-state index contributed by atoms with van der Waals surface area (Å²) in [5, 5.41) is 2.87. The van der Waals surface area contributed by atoms with Crippen LogP contribution in [0.5, 0.6) is 0 Å². The van der Waals surface area contributed by atoms with Crippen molar-refractivity contribution in [3.05, 3.63) is 54.2 Å². The molecule has 0 radical (unpaired) electrons. The van der Waals surface area contributed by atoms with Crippen LogP contribution in [0.3, 0.4) is 0 Å². The van der Waals surface area contributed by atoms with Gasteiger partial charge in [0.2, 0.25) is 11.8 Å². The quantitative estimate of drug-likeness (QED) is 0.841. The number of carbonyl (C=O) groups excluding carboxylic acids is 2. The van der Waals surface area contributed by atoms with Gasteiger partial charge in [-0.15, -0.1) is 0 Å². The van der Waals surface area contributed by atoms with Gasteiger partial charge in [0.15, 0.2) is 5.82 Å². The van der Waals surface area contributed by atoms with Gasteiger partial charge in [0.05, 0.1) is 5.69 Å². The Kier molecular flexibility index (Phi) is 6.51. The van der Waals surface area contributed by atoms with Gasteiger partial charge in [-0.3, -0.25) is 9.59 Å². The SMILES string of the molecule is CC(=O)N(CCC(=O)Nc1cccnc1N(C)C)Cc1ccccc1. The molecular formula is C19H24N4O2. The summed E-state index contributed by atoms with van der Waals surface area (Å²) in [5.41, 5.74) is 1.70. The average molecular weight is 340 g/mol. The molecule has 6 nitrogen and oxygen atoms in total. The van der Waals surface area contributed by atoms with Crippen molar-refractivity contribution < 1.29 is 9.59 Å². The van der Waals surface area contributed by atoms with Gasteiger partial charge < -0.3 is 15.1 Å². The number of aromatic nitrogens is 1. The summed E-state index contributed by atoms with van der Waals surface area (Å²) in [4.78, 5) is 31.9. The summed E-state index contributed by atoms with van der Waals surface area (Å²) in [5.74, 6) is 0.506. The molecule has 0 atom stereocenters. The molecule has 2 aromatic rings. The van der Waals surface area contributed by atoms with Gasteiger partial charge in [0, 0.05) is 46.7 Å². The van der Waals surface area contributed by atoms with Gasteiger partial charge in [-0.2, -0.15) is 0 Å². The van der Waals surface area contributed by atoms with Crippen molar-refractivity contribution in [2.75, 3.05) is 30.9 Å². The third kappa shape index (κ3) is 5.60. The molecule has 2 amide bonds. The first kappa shape index (κ1) is 18.4. The molecule has 0 aliphatic heterocycles. The molecule has 1 N–H and O–H groups in total. The molecule has 0 spiro atoms. The van der Waals surface area contributed by atoms with E-state index >= 15 is 0 Å². The van der Waals surface area contributed by atoms with Crippen molar-refractivity contribution in [3.8, 4) is 0 Å². The Bertz CT molecular complexity index is 716. The summed E-state index contributed by atoms with van der Waals surface area (Å²) in [6, 6.07) is 13.3. The number of benzene rings is 1. The second-order valence-electron chi connectivity index (χ2n) is 5.99. The maximum absolute atomic E-state index is 12.3. The average Bonchev–Trinajstić information content (AvgIpc) is 2.59. The zero-order valence-electron chi connectivity index (χ0n) is 14.9. The molecule has 0 bridgehead atoms. The molecule has 0 unspecified atom stereocenters. The molecule has 0 saturated carbocycles. The minimum atomic E-state index is -0.143. The highest BCUT2D eigenvalue weighted by Gasteiger charge is 2.13. The van der Waals surface area contributed by atoms with Gasteiger partial charge in [-0.1, -0.05) is 30.3 Å². The fourth-order valence-electron chi connectivity index (χ4n) is 2.45. The summed E-state index contributed by atoms with van der Waals surface area (Å²) < 4.78 is 0. The molecule has 25 heavy (non-hydrogen) atoms. The Morgan fingerprint density at radius 1 is 1.08 bits per heavy atom. The highest BCUT2D eigenvalue weighted by atomic mass is 16.2. The number of hydrogen-bond donors (Lipinski definition) is 1. The smallest absolute Gasteiger partial charge is 0.226 e. The van der Waals surface area contributed by atoms with Crippen molar-refractivity contribution in [2.45, 2.75) is 19.9 Å². The molecule has 1 aromatic heterocycles. The van der Waals surface area contributed by atoms with Crippen LogP contribution in [0, 0.1) is 0 Å². The van der Waals surface area contributed by atoms with Crippen molar-refractivity contribution >= 4 is 23.3 Å². The van der Waals surface area contributed by atoms with Crippen LogP contribution in [0.25, 0.3) is 0 Å². The summed E-state index contributed by atoms with van der Waals surface area (Å²) in [7, 11) is 3.74. The molecule has 1 aromatic carbocycles. The Morgan fingerprint density at radius 2 is 1.80 bits per heavy atom. The van der Waals surface area contributed by atoms with Crippen LogP contribution in [-0.4, -0.2) is 42.3 Å². The second kappa shape index (κ2) is 8.82. The number of anilines is 2. The van der Waals surface area contributed by atoms with E-state index in [1.807, 2.05) is 55.4 Å². The van der Waals surface area contributed by atoms with Crippen molar-refractivity contribution in [3.63, 3.8) is 0 Å². The number of amides is 2. The fourth-order valence-corrected chi connectivity index (χ4v) is 2.45. The van der Waals surface area contributed by atoms with E-state index in [2.05, 4.69) is 10.3 Å². The van der Waals surface area contributed by atoms with Gasteiger partial charge in [0.25, 0.3) is 0 Å².